The highest BCUT2D eigenvalue weighted by Crippen LogP contribution is 2.21. The van der Waals surface area contributed by atoms with Crippen LogP contribution in [0.3, 0.4) is 0 Å². The molecule has 0 aliphatic rings. The molecule has 0 spiro atoms. The Morgan fingerprint density at radius 1 is 0.943 bits per heavy atom. The number of hydrogen-bond acceptors (Lipinski definition) is 5. The predicted octanol–water partition coefficient (Wildman–Crippen LogP) is 5.27. The van der Waals surface area contributed by atoms with Gasteiger partial charge in [-0.15, -0.1) is 0 Å². The van der Waals surface area contributed by atoms with Gasteiger partial charge in [0, 0.05) is 11.4 Å². The van der Waals surface area contributed by atoms with E-state index in [-0.39, 0.29) is 10.0 Å². The maximum absolute atomic E-state index is 12.8. The minimum absolute atomic E-state index is 0.0811. The lowest BCUT2D eigenvalue weighted by Gasteiger charge is -2.14. The number of rotatable bonds is 8. The fraction of sp³-hybridized carbons (Fsp3) is 0.231. The van der Waals surface area contributed by atoms with E-state index in [4.69, 9.17) is 17.0 Å². The van der Waals surface area contributed by atoms with E-state index < -0.39 is 15.9 Å². The van der Waals surface area contributed by atoms with Crippen molar-refractivity contribution in [3.63, 3.8) is 0 Å². The molecule has 0 aliphatic heterocycles. The molecule has 184 valence electrons. The first-order valence-electron chi connectivity index (χ1n) is 11.1. The van der Waals surface area contributed by atoms with Crippen molar-refractivity contribution in [2.45, 2.75) is 32.6 Å². The molecule has 0 aromatic heterocycles. The smallest absolute Gasteiger partial charge is 0.261 e. The van der Waals surface area contributed by atoms with E-state index in [9.17, 15) is 13.2 Å². The number of benzene rings is 3. The molecule has 3 aromatic carbocycles. The van der Waals surface area contributed by atoms with Gasteiger partial charge in [0.1, 0.15) is 5.75 Å². The quantitative estimate of drug-likeness (QED) is 0.357. The molecule has 3 rings (SSSR count). The second-order valence-electron chi connectivity index (χ2n) is 8.62. The summed E-state index contributed by atoms with van der Waals surface area (Å²) in [5.74, 6) is 0.392. The maximum atomic E-state index is 12.8. The SMILES string of the molecule is Cc1cc(C)cc(NS(=O)(=O)c2ccc(NC(=S)NC(=O)c3ccccc3OCC(C)C)cc2)c1. The number of carbonyl (C=O) groups excluding carboxylic acids is 1. The maximum Gasteiger partial charge on any atom is 0.261 e. The summed E-state index contributed by atoms with van der Waals surface area (Å²) in [5, 5.41) is 5.61. The Bertz CT molecular complexity index is 1300. The van der Waals surface area contributed by atoms with Crippen LogP contribution in [0, 0.1) is 19.8 Å². The van der Waals surface area contributed by atoms with Crippen molar-refractivity contribution in [1.82, 2.24) is 5.32 Å². The van der Waals surface area contributed by atoms with Crippen LogP contribution < -0.4 is 20.1 Å². The van der Waals surface area contributed by atoms with Crippen molar-refractivity contribution in [3.05, 3.63) is 83.4 Å². The second kappa shape index (κ2) is 11.3. The number of anilines is 2. The number of sulfonamides is 1. The molecule has 0 unspecified atom stereocenters. The van der Waals surface area contributed by atoms with Crippen molar-refractivity contribution in [2.24, 2.45) is 5.92 Å². The lowest BCUT2D eigenvalue weighted by atomic mass is 10.1. The molecule has 0 fully saturated rings. The van der Waals surface area contributed by atoms with E-state index in [1.807, 2.05) is 33.8 Å². The number of nitrogens with one attached hydrogen (secondary N) is 3. The van der Waals surface area contributed by atoms with Crippen LogP contribution in [0.5, 0.6) is 5.75 Å². The summed E-state index contributed by atoms with van der Waals surface area (Å²) >= 11 is 5.26. The molecule has 0 atom stereocenters. The highest BCUT2D eigenvalue weighted by atomic mass is 32.2. The van der Waals surface area contributed by atoms with Crippen LogP contribution in [0.25, 0.3) is 0 Å². The Morgan fingerprint density at radius 2 is 1.57 bits per heavy atom. The third-order valence-electron chi connectivity index (χ3n) is 4.83. The number of thiocarbonyl (C=S) groups is 1. The van der Waals surface area contributed by atoms with E-state index in [2.05, 4.69) is 15.4 Å². The van der Waals surface area contributed by atoms with Gasteiger partial charge < -0.3 is 10.1 Å². The molecular formula is C26H29N3O4S2. The molecule has 3 N–H and O–H groups in total. The number of amides is 1. The average molecular weight is 512 g/mol. The van der Waals surface area contributed by atoms with Gasteiger partial charge in [0.25, 0.3) is 15.9 Å². The minimum Gasteiger partial charge on any atom is -0.492 e. The lowest BCUT2D eigenvalue weighted by Crippen LogP contribution is -2.34. The highest BCUT2D eigenvalue weighted by Gasteiger charge is 2.16. The van der Waals surface area contributed by atoms with Crippen LogP contribution in [0.2, 0.25) is 0 Å². The first kappa shape index (κ1) is 26.2. The molecule has 7 nitrogen and oxygen atoms in total. The predicted molar refractivity (Wildman–Crippen MR) is 144 cm³/mol. The van der Waals surface area contributed by atoms with Crippen molar-refractivity contribution in [1.29, 1.82) is 0 Å². The Hall–Kier alpha value is -3.43. The number of para-hydroxylation sites is 1. The molecular weight excluding hydrogens is 482 g/mol. The van der Waals surface area contributed by atoms with E-state index in [0.29, 0.717) is 35.2 Å². The first-order valence-corrected chi connectivity index (χ1v) is 13.0. The summed E-state index contributed by atoms with van der Waals surface area (Å²) in [4.78, 5) is 12.8. The summed E-state index contributed by atoms with van der Waals surface area (Å²) in [6.45, 7) is 8.35. The van der Waals surface area contributed by atoms with Crippen LogP contribution in [-0.2, 0) is 10.0 Å². The third-order valence-corrected chi connectivity index (χ3v) is 6.43. The van der Waals surface area contributed by atoms with Crippen molar-refractivity contribution < 1.29 is 17.9 Å². The topological polar surface area (TPSA) is 96.5 Å². The van der Waals surface area contributed by atoms with Gasteiger partial charge in [-0.2, -0.15) is 0 Å². The summed E-state index contributed by atoms with van der Waals surface area (Å²) in [5.41, 5.74) is 3.34. The van der Waals surface area contributed by atoms with Crippen molar-refractivity contribution in [3.8, 4) is 5.75 Å². The van der Waals surface area contributed by atoms with Gasteiger partial charge in [-0.05, 0) is 91.6 Å². The van der Waals surface area contributed by atoms with Gasteiger partial charge in [0.15, 0.2) is 5.11 Å². The zero-order valence-electron chi connectivity index (χ0n) is 20.1. The molecule has 0 bridgehead atoms. The van der Waals surface area contributed by atoms with Gasteiger partial charge in [0.05, 0.1) is 17.1 Å². The van der Waals surface area contributed by atoms with Gasteiger partial charge in [-0.3, -0.25) is 14.8 Å². The van der Waals surface area contributed by atoms with Crippen molar-refractivity contribution in [2.75, 3.05) is 16.6 Å². The van der Waals surface area contributed by atoms with Crippen LogP contribution in [0.15, 0.2) is 71.6 Å². The molecule has 3 aromatic rings. The number of ether oxygens (including phenoxy) is 1. The monoisotopic (exact) mass is 511 g/mol. The zero-order chi connectivity index (χ0) is 25.6. The number of carbonyl (C=O) groups is 1. The van der Waals surface area contributed by atoms with Crippen molar-refractivity contribution >= 4 is 44.6 Å². The Balaban J connectivity index is 1.63. The molecule has 9 heteroatoms. The summed E-state index contributed by atoms with van der Waals surface area (Å²) in [6, 6.07) is 18.5. The molecule has 1 amide bonds. The van der Waals surface area contributed by atoms with Gasteiger partial charge >= 0.3 is 0 Å². The van der Waals surface area contributed by atoms with E-state index in [1.54, 1.807) is 48.5 Å². The Morgan fingerprint density at radius 3 is 2.20 bits per heavy atom. The van der Waals surface area contributed by atoms with Crippen LogP contribution >= 0.6 is 12.2 Å². The van der Waals surface area contributed by atoms with Gasteiger partial charge in [0.2, 0.25) is 0 Å². The van der Waals surface area contributed by atoms with Crippen LogP contribution in [0.1, 0.15) is 35.3 Å². The number of aryl methyl sites for hydroxylation is 2. The molecule has 0 radical (unpaired) electrons. The Kier molecular flexibility index (Phi) is 8.48. The molecule has 0 heterocycles. The third kappa shape index (κ3) is 7.53. The summed E-state index contributed by atoms with van der Waals surface area (Å²) in [7, 11) is -3.76. The molecule has 0 saturated heterocycles. The molecule has 35 heavy (non-hydrogen) atoms. The average Bonchev–Trinajstić information content (AvgIpc) is 2.77. The highest BCUT2D eigenvalue weighted by molar-refractivity contribution is 7.92. The first-order chi connectivity index (χ1) is 16.5. The largest absolute Gasteiger partial charge is 0.492 e. The van der Waals surface area contributed by atoms with Gasteiger partial charge in [-0.25, -0.2) is 8.42 Å². The lowest BCUT2D eigenvalue weighted by molar-refractivity contribution is 0.0973. The zero-order valence-corrected chi connectivity index (χ0v) is 21.7. The van der Waals surface area contributed by atoms with E-state index in [1.165, 1.54) is 12.1 Å². The van der Waals surface area contributed by atoms with Crippen LogP contribution in [-0.4, -0.2) is 26.0 Å². The molecule has 0 saturated carbocycles. The standard InChI is InChI=1S/C26H29N3O4S2/c1-17(2)16-33-24-8-6-5-7-23(24)25(30)28-26(34)27-20-9-11-22(12-10-20)35(31,32)29-21-14-18(3)13-19(4)15-21/h5-15,17,29H,16H2,1-4H3,(H2,27,28,30,34). The van der Waals surface area contributed by atoms with E-state index >= 15 is 0 Å². The minimum atomic E-state index is -3.76. The second-order valence-corrected chi connectivity index (χ2v) is 10.7. The van der Waals surface area contributed by atoms with E-state index in [0.717, 1.165) is 11.1 Å². The summed E-state index contributed by atoms with van der Waals surface area (Å²) < 4.78 is 33.9. The normalized spacial score (nSPS) is 11.1. The van der Waals surface area contributed by atoms with Gasteiger partial charge in [-0.1, -0.05) is 32.0 Å². The Labute approximate surface area is 212 Å². The fourth-order valence-electron chi connectivity index (χ4n) is 3.33. The molecule has 0 aliphatic carbocycles. The fourth-order valence-corrected chi connectivity index (χ4v) is 4.59. The summed E-state index contributed by atoms with van der Waals surface area (Å²) in [6.07, 6.45) is 0. The van der Waals surface area contributed by atoms with Crippen LogP contribution in [0.4, 0.5) is 11.4 Å². The number of hydrogen-bond donors (Lipinski definition) is 3.